The number of carbonyl (C=O) groups is 4. The van der Waals surface area contributed by atoms with E-state index >= 15 is 0 Å². The lowest BCUT2D eigenvalue weighted by Gasteiger charge is -2.25. The van der Waals surface area contributed by atoms with Gasteiger partial charge < -0.3 is 38.3 Å². The van der Waals surface area contributed by atoms with Gasteiger partial charge in [-0.15, -0.1) is 0 Å². The second-order valence-corrected chi connectivity index (χ2v) is 9.58. The highest BCUT2D eigenvalue weighted by Gasteiger charge is 2.30. The van der Waals surface area contributed by atoms with Crippen molar-refractivity contribution >= 4 is 54.0 Å². The Hall–Kier alpha value is -2.97. The lowest BCUT2D eigenvalue weighted by Crippen LogP contribution is -2.57. The molecule has 10 N–H and O–H groups in total. The van der Waals surface area contributed by atoms with E-state index in [0.717, 1.165) is 5.56 Å². The van der Waals surface area contributed by atoms with Gasteiger partial charge in [-0.3, -0.25) is 19.4 Å². The zero-order valence-corrected chi connectivity index (χ0v) is 22.5. The van der Waals surface area contributed by atoms with Crippen molar-refractivity contribution in [1.82, 2.24) is 16.0 Å². The second-order valence-electron chi connectivity index (χ2n) is 8.23. The molecule has 37 heavy (non-hydrogen) atoms. The van der Waals surface area contributed by atoms with Crippen LogP contribution in [0.2, 0.25) is 0 Å². The maximum absolute atomic E-state index is 13.3. The van der Waals surface area contributed by atoms with E-state index in [2.05, 4.69) is 33.6 Å². The molecular weight excluding hydrogens is 518 g/mol. The SMILES string of the molecule is CSCCC(N)C(=O)NC(Cc1ccccc1)C(=O)NC(CCCN=C(N)N)C(=O)NC(CS)C(=O)O. The highest BCUT2D eigenvalue weighted by molar-refractivity contribution is 7.98. The van der Waals surface area contributed by atoms with E-state index in [4.69, 9.17) is 17.2 Å². The number of guanidine groups is 1. The highest BCUT2D eigenvalue weighted by atomic mass is 32.2. The Kier molecular flexibility index (Phi) is 15.1. The van der Waals surface area contributed by atoms with Crippen molar-refractivity contribution in [2.75, 3.05) is 24.3 Å². The van der Waals surface area contributed by atoms with E-state index in [0.29, 0.717) is 18.6 Å². The van der Waals surface area contributed by atoms with Crippen LogP contribution in [0, 0.1) is 0 Å². The number of thioether (sulfide) groups is 1. The Morgan fingerprint density at radius 1 is 0.973 bits per heavy atom. The Labute approximate surface area is 226 Å². The van der Waals surface area contributed by atoms with Crippen molar-refractivity contribution in [2.45, 2.75) is 49.9 Å². The molecule has 0 radical (unpaired) electrons. The first-order valence-electron chi connectivity index (χ1n) is 11.7. The van der Waals surface area contributed by atoms with Crippen molar-refractivity contribution in [3.05, 3.63) is 35.9 Å². The number of aliphatic carboxylic acids is 1. The first kappa shape index (κ1) is 32.1. The molecule has 0 heterocycles. The number of rotatable bonds is 17. The number of benzene rings is 1. The maximum Gasteiger partial charge on any atom is 0.327 e. The quantitative estimate of drug-likeness (QED) is 0.0502. The number of hydrogen-bond donors (Lipinski definition) is 8. The monoisotopic (exact) mass is 555 g/mol. The summed E-state index contributed by atoms with van der Waals surface area (Å²) in [7, 11) is 0. The van der Waals surface area contributed by atoms with E-state index in [1.165, 1.54) is 0 Å². The number of hydrogen-bond acceptors (Lipinski definition) is 8. The van der Waals surface area contributed by atoms with Gasteiger partial charge in [0.05, 0.1) is 6.04 Å². The lowest BCUT2D eigenvalue weighted by molar-refractivity contribution is -0.141. The molecule has 1 aromatic carbocycles. The van der Waals surface area contributed by atoms with Gasteiger partial charge >= 0.3 is 5.97 Å². The summed E-state index contributed by atoms with van der Waals surface area (Å²) in [5.74, 6) is -2.65. The van der Waals surface area contributed by atoms with Crippen molar-refractivity contribution in [3.8, 4) is 0 Å². The number of carboxylic acid groups (broad SMARTS) is 1. The minimum Gasteiger partial charge on any atom is -0.480 e. The Morgan fingerprint density at radius 2 is 1.57 bits per heavy atom. The summed E-state index contributed by atoms with van der Waals surface area (Å²) in [6.45, 7) is 0.200. The van der Waals surface area contributed by atoms with Crippen LogP contribution in [0.15, 0.2) is 35.3 Å². The Bertz CT molecular complexity index is 916. The van der Waals surface area contributed by atoms with Crippen LogP contribution in [0.1, 0.15) is 24.8 Å². The average molecular weight is 556 g/mol. The summed E-state index contributed by atoms with van der Waals surface area (Å²) in [6, 6.07) is 4.87. The molecule has 14 heteroatoms. The van der Waals surface area contributed by atoms with Gasteiger partial charge in [0.15, 0.2) is 5.96 Å². The summed E-state index contributed by atoms with van der Waals surface area (Å²) >= 11 is 5.51. The fourth-order valence-electron chi connectivity index (χ4n) is 3.22. The molecule has 0 bridgehead atoms. The zero-order valence-electron chi connectivity index (χ0n) is 20.8. The number of aliphatic imine (C=N–C) groups is 1. The molecule has 3 amide bonds. The second kappa shape index (κ2) is 17.5. The van der Waals surface area contributed by atoms with Gasteiger partial charge in [0.1, 0.15) is 18.1 Å². The van der Waals surface area contributed by atoms with Crippen LogP contribution in [-0.4, -0.2) is 83.2 Å². The molecule has 1 rings (SSSR count). The number of amides is 3. The molecule has 4 atom stereocenters. The standard InChI is InChI=1S/C23H37N7O5S2/c1-37-11-9-15(24)19(31)29-17(12-14-6-3-2-4-7-14)21(33)28-16(8-5-10-27-23(25)26)20(32)30-18(13-36)22(34)35/h2-4,6-7,15-18,36H,5,8-13,24H2,1H3,(H,28,33)(H,29,31)(H,30,32)(H,34,35)(H4,25,26,27). The van der Waals surface area contributed by atoms with Gasteiger partial charge in [0.2, 0.25) is 17.7 Å². The summed E-state index contributed by atoms with van der Waals surface area (Å²) in [5.41, 5.74) is 17.4. The number of nitrogens with one attached hydrogen (secondary N) is 3. The fourth-order valence-corrected chi connectivity index (χ4v) is 3.95. The number of carbonyl (C=O) groups excluding carboxylic acids is 3. The van der Waals surface area contributed by atoms with E-state index in [9.17, 15) is 24.3 Å². The molecule has 0 saturated heterocycles. The molecule has 0 saturated carbocycles. The van der Waals surface area contributed by atoms with Crippen molar-refractivity contribution in [3.63, 3.8) is 0 Å². The van der Waals surface area contributed by atoms with E-state index in [1.54, 1.807) is 23.9 Å². The summed E-state index contributed by atoms with van der Waals surface area (Å²) in [4.78, 5) is 54.1. The van der Waals surface area contributed by atoms with Crippen LogP contribution in [0.5, 0.6) is 0 Å². The van der Waals surface area contributed by atoms with Gasteiger partial charge in [-0.1, -0.05) is 30.3 Å². The van der Waals surface area contributed by atoms with Gasteiger partial charge in [-0.2, -0.15) is 24.4 Å². The largest absolute Gasteiger partial charge is 0.480 e. The van der Waals surface area contributed by atoms with Crippen LogP contribution >= 0.6 is 24.4 Å². The van der Waals surface area contributed by atoms with Crippen LogP contribution in [0.3, 0.4) is 0 Å². The third-order valence-electron chi connectivity index (χ3n) is 5.26. The molecule has 1 aromatic rings. The average Bonchev–Trinajstić information content (AvgIpc) is 2.86. The molecular formula is C23H37N7O5S2. The Balaban J connectivity index is 3.08. The van der Waals surface area contributed by atoms with Gasteiger partial charge in [0.25, 0.3) is 0 Å². The molecule has 12 nitrogen and oxygen atoms in total. The molecule has 0 fully saturated rings. The molecule has 4 unspecified atom stereocenters. The summed E-state index contributed by atoms with van der Waals surface area (Å²) < 4.78 is 0. The zero-order chi connectivity index (χ0) is 27.8. The first-order valence-corrected chi connectivity index (χ1v) is 13.7. The molecule has 206 valence electrons. The predicted molar refractivity (Wildman–Crippen MR) is 148 cm³/mol. The number of thiol groups is 1. The topological polar surface area (TPSA) is 215 Å². The van der Waals surface area contributed by atoms with Gasteiger partial charge in [-0.25, -0.2) is 4.79 Å². The number of carboxylic acids is 1. The Morgan fingerprint density at radius 3 is 2.14 bits per heavy atom. The van der Waals surface area contributed by atoms with Gasteiger partial charge in [-0.05, 0) is 36.8 Å². The lowest BCUT2D eigenvalue weighted by atomic mass is 10.0. The highest BCUT2D eigenvalue weighted by Crippen LogP contribution is 2.07. The molecule has 0 aliphatic rings. The first-order chi connectivity index (χ1) is 17.6. The molecule has 0 aromatic heterocycles. The third kappa shape index (κ3) is 12.7. The number of nitrogens with two attached hydrogens (primary N) is 3. The number of nitrogens with zero attached hydrogens (tertiary/aromatic N) is 1. The van der Waals surface area contributed by atoms with E-state index in [-0.39, 0.29) is 31.1 Å². The minimum atomic E-state index is -1.26. The van der Waals surface area contributed by atoms with Crippen LogP contribution in [0.25, 0.3) is 0 Å². The predicted octanol–water partition coefficient (Wildman–Crippen LogP) is -1.17. The van der Waals surface area contributed by atoms with E-state index in [1.807, 2.05) is 24.5 Å². The summed E-state index contributed by atoms with van der Waals surface area (Å²) in [6.07, 6.45) is 2.93. The van der Waals surface area contributed by atoms with Crippen LogP contribution < -0.4 is 33.2 Å². The normalized spacial score (nSPS) is 13.9. The van der Waals surface area contributed by atoms with Crippen LogP contribution in [0.4, 0.5) is 0 Å². The van der Waals surface area contributed by atoms with Crippen molar-refractivity contribution in [1.29, 1.82) is 0 Å². The van der Waals surface area contributed by atoms with E-state index < -0.39 is 47.9 Å². The molecule has 0 spiro atoms. The van der Waals surface area contributed by atoms with Crippen LogP contribution in [-0.2, 0) is 25.6 Å². The third-order valence-corrected chi connectivity index (χ3v) is 6.27. The van der Waals surface area contributed by atoms with Crippen molar-refractivity contribution < 1.29 is 24.3 Å². The van der Waals surface area contributed by atoms with Gasteiger partial charge in [0, 0.05) is 18.7 Å². The summed E-state index contributed by atoms with van der Waals surface area (Å²) in [5, 5.41) is 17.0. The van der Waals surface area contributed by atoms with Crippen molar-refractivity contribution in [2.24, 2.45) is 22.2 Å². The minimum absolute atomic E-state index is 0.116. The molecule has 0 aliphatic carbocycles. The maximum atomic E-state index is 13.3. The fraction of sp³-hybridized carbons (Fsp3) is 0.522. The smallest absolute Gasteiger partial charge is 0.327 e. The molecule has 0 aliphatic heterocycles.